The van der Waals surface area contributed by atoms with E-state index in [0.29, 0.717) is 13.2 Å². The van der Waals surface area contributed by atoms with Crippen molar-refractivity contribution in [1.82, 2.24) is 9.80 Å². The maximum atomic E-state index is 10.8. The van der Waals surface area contributed by atoms with E-state index in [4.69, 9.17) is 9.47 Å². The van der Waals surface area contributed by atoms with Crippen molar-refractivity contribution in [3.63, 3.8) is 0 Å². The molecule has 0 bridgehead atoms. The highest BCUT2D eigenvalue weighted by molar-refractivity contribution is 5.44. The standard InChI is InChI=1S/C16H24N2O3/c1-17-6-3-7-18(2)13(11-17)16(19)12-4-5-14-15(10-12)21-9-8-20-14/h4-5,10,13,16,19H,3,6-9,11H2,1-2H3. The Bertz CT molecular complexity index is 494. The number of rotatable bonds is 2. The van der Waals surface area contributed by atoms with Crippen LogP contribution in [0.25, 0.3) is 0 Å². The van der Waals surface area contributed by atoms with Crippen molar-refractivity contribution in [2.75, 3.05) is 46.9 Å². The Morgan fingerprint density at radius 1 is 1.14 bits per heavy atom. The van der Waals surface area contributed by atoms with Gasteiger partial charge < -0.3 is 19.5 Å². The summed E-state index contributed by atoms with van der Waals surface area (Å²) in [6.07, 6.45) is 0.614. The Balaban J connectivity index is 1.81. The summed E-state index contributed by atoms with van der Waals surface area (Å²) < 4.78 is 11.2. The van der Waals surface area contributed by atoms with Crippen LogP contribution in [-0.4, -0.2) is 67.9 Å². The van der Waals surface area contributed by atoms with E-state index < -0.39 is 6.10 Å². The van der Waals surface area contributed by atoms with Crippen LogP contribution in [0.4, 0.5) is 0 Å². The van der Waals surface area contributed by atoms with Gasteiger partial charge in [-0.15, -0.1) is 0 Å². The van der Waals surface area contributed by atoms with Gasteiger partial charge in [0.15, 0.2) is 11.5 Å². The second-order valence-electron chi connectivity index (χ2n) is 6.01. The predicted octanol–water partition coefficient (Wildman–Crippen LogP) is 1.13. The minimum Gasteiger partial charge on any atom is -0.486 e. The summed E-state index contributed by atoms with van der Waals surface area (Å²) in [6.45, 7) is 4.11. The molecule has 1 aromatic rings. The third-order valence-corrected chi connectivity index (χ3v) is 4.39. The van der Waals surface area contributed by atoms with Crippen LogP contribution in [0.1, 0.15) is 18.1 Å². The molecule has 0 saturated carbocycles. The van der Waals surface area contributed by atoms with Crippen molar-refractivity contribution in [2.45, 2.75) is 18.6 Å². The topological polar surface area (TPSA) is 45.2 Å². The highest BCUT2D eigenvalue weighted by atomic mass is 16.6. The summed E-state index contributed by atoms with van der Waals surface area (Å²) in [6, 6.07) is 5.85. The van der Waals surface area contributed by atoms with Crippen molar-refractivity contribution >= 4 is 0 Å². The van der Waals surface area contributed by atoms with Gasteiger partial charge in [-0.3, -0.25) is 4.90 Å². The number of benzene rings is 1. The normalized spacial score (nSPS) is 25.4. The smallest absolute Gasteiger partial charge is 0.161 e. The second-order valence-corrected chi connectivity index (χ2v) is 6.01. The van der Waals surface area contributed by atoms with Gasteiger partial charge in [0.25, 0.3) is 0 Å². The number of likely N-dealkylation sites (N-methyl/N-ethyl adjacent to an activating group) is 2. The van der Waals surface area contributed by atoms with Crippen LogP contribution < -0.4 is 9.47 Å². The zero-order valence-electron chi connectivity index (χ0n) is 12.8. The molecule has 2 aliphatic rings. The minimum atomic E-state index is -0.522. The molecule has 5 nitrogen and oxygen atoms in total. The van der Waals surface area contributed by atoms with Gasteiger partial charge in [-0.25, -0.2) is 0 Å². The Labute approximate surface area is 126 Å². The van der Waals surface area contributed by atoms with E-state index in [1.807, 2.05) is 18.2 Å². The van der Waals surface area contributed by atoms with E-state index in [-0.39, 0.29) is 6.04 Å². The first kappa shape index (κ1) is 14.6. The molecule has 0 radical (unpaired) electrons. The number of nitrogens with zero attached hydrogens (tertiary/aromatic N) is 2. The largest absolute Gasteiger partial charge is 0.486 e. The summed E-state index contributed by atoms with van der Waals surface area (Å²) >= 11 is 0. The lowest BCUT2D eigenvalue weighted by atomic mass is 10.0. The van der Waals surface area contributed by atoms with Gasteiger partial charge in [0.05, 0.1) is 12.1 Å². The third kappa shape index (κ3) is 3.15. The first-order valence-corrected chi connectivity index (χ1v) is 7.61. The minimum absolute atomic E-state index is 0.0973. The van der Waals surface area contributed by atoms with E-state index in [2.05, 4.69) is 23.9 Å². The molecule has 1 saturated heterocycles. The van der Waals surface area contributed by atoms with Gasteiger partial charge in [0.2, 0.25) is 0 Å². The Hall–Kier alpha value is -1.30. The van der Waals surface area contributed by atoms with Crippen LogP contribution in [-0.2, 0) is 0 Å². The summed E-state index contributed by atoms with van der Waals surface area (Å²) in [5, 5.41) is 10.8. The summed E-state index contributed by atoms with van der Waals surface area (Å²) in [7, 11) is 4.20. The third-order valence-electron chi connectivity index (χ3n) is 4.39. The van der Waals surface area contributed by atoms with Crippen LogP contribution >= 0.6 is 0 Å². The first-order valence-electron chi connectivity index (χ1n) is 7.61. The molecule has 2 heterocycles. The second kappa shape index (κ2) is 6.22. The fourth-order valence-electron chi connectivity index (χ4n) is 3.11. The maximum absolute atomic E-state index is 10.8. The molecule has 3 rings (SSSR count). The van der Waals surface area contributed by atoms with Gasteiger partial charge in [0, 0.05) is 6.54 Å². The Morgan fingerprint density at radius 3 is 2.71 bits per heavy atom. The van der Waals surface area contributed by atoms with Crippen LogP contribution in [0.5, 0.6) is 11.5 Å². The van der Waals surface area contributed by atoms with Crippen molar-refractivity contribution in [3.05, 3.63) is 23.8 Å². The summed E-state index contributed by atoms with van der Waals surface area (Å²) in [4.78, 5) is 4.54. The molecular formula is C16H24N2O3. The lowest BCUT2D eigenvalue weighted by molar-refractivity contribution is 0.0567. The zero-order chi connectivity index (χ0) is 14.8. The molecule has 1 aromatic carbocycles. The molecule has 21 heavy (non-hydrogen) atoms. The molecule has 116 valence electrons. The van der Waals surface area contributed by atoms with Crippen LogP contribution in [0, 0.1) is 0 Å². The molecule has 2 unspecified atom stereocenters. The average molecular weight is 292 g/mol. The van der Waals surface area contributed by atoms with Crippen molar-refractivity contribution in [2.24, 2.45) is 0 Å². The molecule has 1 fully saturated rings. The lowest BCUT2D eigenvalue weighted by Gasteiger charge is -2.32. The van der Waals surface area contributed by atoms with Gasteiger partial charge in [-0.2, -0.15) is 0 Å². The van der Waals surface area contributed by atoms with Gasteiger partial charge in [0.1, 0.15) is 13.2 Å². The fourth-order valence-corrected chi connectivity index (χ4v) is 3.11. The molecule has 0 aliphatic carbocycles. The average Bonchev–Trinajstić information content (AvgIpc) is 2.67. The number of aliphatic hydroxyl groups is 1. The monoisotopic (exact) mass is 292 g/mol. The quantitative estimate of drug-likeness (QED) is 0.885. The lowest BCUT2D eigenvalue weighted by Crippen LogP contribution is -2.42. The molecular weight excluding hydrogens is 268 g/mol. The number of hydrogen-bond acceptors (Lipinski definition) is 5. The van der Waals surface area contributed by atoms with Crippen LogP contribution in [0.15, 0.2) is 18.2 Å². The molecule has 2 aliphatic heterocycles. The molecule has 0 aromatic heterocycles. The van der Waals surface area contributed by atoms with Gasteiger partial charge >= 0.3 is 0 Å². The number of ether oxygens (including phenoxy) is 2. The molecule has 5 heteroatoms. The fraction of sp³-hybridized carbons (Fsp3) is 0.625. The van der Waals surface area contributed by atoms with E-state index in [1.54, 1.807) is 0 Å². The molecule has 2 atom stereocenters. The number of fused-ring (bicyclic) bond motifs is 1. The van der Waals surface area contributed by atoms with E-state index in [0.717, 1.165) is 43.1 Å². The zero-order valence-corrected chi connectivity index (χ0v) is 12.8. The number of hydrogen-bond donors (Lipinski definition) is 1. The maximum Gasteiger partial charge on any atom is 0.161 e. The molecule has 1 N–H and O–H groups in total. The Kier molecular flexibility index (Phi) is 4.33. The van der Waals surface area contributed by atoms with Crippen LogP contribution in [0.3, 0.4) is 0 Å². The van der Waals surface area contributed by atoms with Crippen molar-refractivity contribution in [3.8, 4) is 11.5 Å². The van der Waals surface area contributed by atoms with E-state index in [1.165, 1.54) is 0 Å². The molecule has 0 amide bonds. The SMILES string of the molecule is CN1CCCN(C)C(C(O)c2ccc3c(c2)OCCO3)C1. The van der Waals surface area contributed by atoms with E-state index in [9.17, 15) is 5.11 Å². The van der Waals surface area contributed by atoms with Gasteiger partial charge in [-0.1, -0.05) is 6.07 Å². The van der Waals surface area contributed by atoms with E-state index >= 15 is 0 Å². The predicted molar refractivity (Wildman–Crippen MR) is 80.9 cm³/mol. The summed E-state index contributed by atoms with van der Waals surface area (Å²) in [5.74, 6) is 1.51. The highest BCUT2D eigenvalue weighted by Crippen LogP contribution is 2.34. The Morgan fingerprint density at radius 2 is 1.90 bits per heavy atom. The molecule has 0 spiro atoms. The van der Waals surface area contributed by atoms with Crippen molar-refractivity contribution < 1.29 is 14.6 Å². The number of aliphatic hydroxyl groups excluding tert-OH is 1. The first-order chi connectivity index (χ1) is 10.1. The highest BCUT2D eigenvalue weighted by Gasteiger charge is 2.29. The summed E-state index contributed by atoms with van der Waals surface area (Å²) in [5.41, 5.74) is 0.895. The van der Waals surface area contributed by atoms with Crippen LogP contribution in [0.2, 0.25) is 0 Å². The van der Waals surface area contributed by atoms with Gasteiger partial charge in [-0.05, 0) is 51.3 Å². The van der Waals surface area contributed by atoms with Crippen molar-refractivity contribution in [1.29, 1.82) is 0 Å².